The van der Waals surface area contributed by atoms with Gasteiger partial charge in [0.2, 0.25) is 10.0 Å². The molecule has 0 radical (unpaired) electrons. The van der Waals surface area contributed by atoms with Crippen LogP contribution < -0.4 is 9.88 Å². The third-order valence-corrected chi connectivity index (χ3v) is 3.26. The Morgan fingerprint density at radius 2 is 1.75 bits per heavy atom. The van der Waals surface area contributed by atoms with Gasteiger partial charge in [0.1, 0.15) is 12.4 Å². The molecule has 2 N–H and O–H groups in total. The van der Waals surface area contributed by atoms with E-state index in [0.717, 1.165) is 12.2 Å². The van der Waals surface area contributed by atoms with E-state index in [-0.39, 0.29) is 12.4 Å². The van der Waals surface area contributed by atoms with Gasteiger partial charge >= 0.3 is 0 Å². The number of sulfonamides is 1. The molecule has 0 bridgehead atoms. The first kappa shape index (κ1) is 16.9. The summed E-state index contributed by atoms with van der Waals surface area (Å²) >= 11 is 0. The molecule has 0 fully saturated rings. The van der Waals surface area contributed by atoms with Gasteiger partial charge in [-0.1, -0.05) is 12.1 Å². The Hall–Kier alpha value is -1.15. The zero-order valence-corrected chi connectivity index (χ0v) is 12.4. The molecule has 0 unspecified atom stereocenters. The molecule has 0 spiro atoms. The predicted molar refractivity (Wildman–Crippen MR) is 76.3 cm³/mol. The fraction of sp³-hybridized carbons (Fsp3) is 0.538. The van der Waals surface area contributed by atoms with Crippen molar-refractivity contribution < 1.29 is 22.6 Å². The monoisotopic (exact) mass is 303 g/mol. The van der Waals surface area contributed by atoms with Gasteiger partial charge in [-0.3, -0.25) is 0 Å². The molecule has 114 valence electrons. The normalized spacial score (nSPS) is 11.5. The lowest BCUT2D eigenvalue weighted by atomic mass is 10.1. The van der Waals surface area contributed by atoms with Crippen LogP contribution in [0, 0.1) is 0 Å². The lowest BCUT2D eigenvalue weighted by Crippen LogP contribution is -2.21. The van der Waals surface area contributed by atoms with E-state index in [2.05, 4.69) is 0 Å². The maximum absolute atomic E-state index is 10.6. The second-order valence-corrected chi connectivity index (χ2v) is 5.95. The van der Waals surface area contributed by atoms with E-state index in [9.17, 15) is 8.42 Å². The van der Waals surface area contributed by atoms with Gasteiger partial charge in [-0.25, -0.2) is 13.6 Å². The van der Waals surface area contributed by atoms with Crippen LogP contribution in [0.25, 0.3) is 0 Å². The Morgan fingerprint density at radius 1 is 1.05 bits per heavy atom. The second-order valence-electron chi connectivity index (χ2n) is 4.21. The molecule has 0 saturated heterocycles. The van der Waals surface area contributed by atoms with Crippen molar-refractivity contribution in [2.45, 2.75) is 6.42 Å². The number of primary sulfonamides is 1. The van der Waals surface area contributed by atoms with E-state index in [0.29, 0.717) is 19.8 Å². The third-order valence-electron chi connectivity index (χ3n) is 2.53. The van der Waals surface area contributed by atoms with Gasteiger partial charge in [0.05, 0.1) is 25.6 Å². The highest BCUT2D eigenvalue weighted by molar-refractivity contribution is 7.89. The largest absolute Gasteiger partial charge is 0.491 e. The van der Waals surface area contributed by atoms with E-state index in [1.54, 1.807) is 7.11 Å². The summed E-state index contributed by atoms with van der Waals surface area (Å²) in [5, 5.41) is 4.84. The molecule has 20 heavy (non-hydrogen) atoms. The smallest absolute Gasteiger partial charge is 0.211 e. The van der Waals surface area contributed by atoms with Crippen LogP contribution in [0.2, 0.25) is 0 Å². The van der Waals surface area contributed by atoms with Gasteiger partial charge in [0.15, 0.2) is 0 Å². The van der Waals surface area contributed by atoms with Gasteiger partial charge in [0, 0.05) is 7.11 Å². The fourth-order valence-corrected chi connectivity index (χ4v) is 1.82. The van der Waals surface area contributed by atoms with Crippen LogP contribution in [-0.4, -0.2) is 47.7 Å². The van der Waals surface area contributed by atoms with Crippen LogP contribution >= 0.6 is 0 Å². The number of rotatable bonds is 10. The molecule has 1 aromatic rings. The summed E-state index contributed by atoms with van der Waals surface area (Å²) in [6, 6.07) is 7.73. The van der Waals surface area contributed by atoms with Gasteiger partial charge in [0.25, 0.3) is 0 Å². The zero-order chi connectivity index (χ0) is 14.8. The highest BCUT2D eigenvalue weighted by Crippen LogP contribution is 2.12. The van der Waals surface area contributed by atoms with E-state index in [1.165, 1.54) is 5.56 Å². The Balaban J connectivity index is 2.16. The van der Waals surface area contributed by atoms with Gasteiger partial charge in [-0.05, 0) is 24.1 Å². The minimum absolute atomic E-state index is 0.0815. The topological polar surface area (TPSA) is 87.8 Å². The molecule has 6 nitrogen and oxygen atoms in total. The highest BCUT2D eigenvalue weighted by atomic mass is 32.2. The first-order valence-electron chi connectivity index (χ1n) is 6.30. The number of hydrogen-bond acceptors (Lipinski definition) is 5. The Kier molecular flexibility index (Phi) is 7.53. The maximum atomic E-state index is 10.6. The van der Waals surface area contributed by atoms with Crippen molar-refractivity contribution >= 4 is 10.0 Å². The molecule has 0 amide bonds. The molecular formula is C13H21NO5S. The number of nitrogens with two attached hydrogens (primary N) is 1. The highest BCUT2D eigenvalue weighted by Gasteiger charge is 2.01. The summed E-state index contributed by atoms with van der Waals surface area (Å²) < 4.78 is 36.9. The molecule has 0 aliphatic heterocycles. The number of hydrogen-bond donors (Lipinski definition) is 1. The summed E-state index contributed by atoms with van der Waals surface area (Å²) in [5.74, 6) is 0.572. The summed E-state index contributed by atoms with van der Waals surface area (Å²) in [5.41, 5.74) is 1.18. The molecule has 1 rings (SSSR count). The van der Waals surface area contributed by atoms with Crippen molar-refractivity contribution in [2.24, 2.45) is 5.14 Å². The van der Waals surface area contributed by atoms with Crippen molar-refractivity contribution in [2.75, 3.05) is 39.3 Å². The standard InChI is InChI=1S/C13H21NO5S/c1-17-7-6-12-2-4-13(5-3-12)19-9-8-18-10-11-20(14,15)16/h2-5H,6-11H2,1H3,(H2,14,15,16). The molecule has 0 aliphatic carbocycles. The molecule has 0 heterocycles. The van der Waals surface area contributed by atoms with Crippen LogP contribution in [0.15, 0.2) is 24.3 Å². The molecular weight excluding hydrogens is 282 g/mol. The summed E-state index contributed by atoms with van der Waals surface area (Å²) in [6.07, 6.45) is 0.869. The van der Waals surface area contributed by atoms with Crippen LogP contribution in [0.3, 0.4) is 0 Å². The molecule has 0 aliphatic rings. The fourth-order valence-electron chi connectivity index (χ4n) is 1.47. The SMILES string of the molecule is COCCc1ccc(OCCOCCS(N)(=O)=O)cc1. The van der Waals surface area contributed by atoms with Gasteiger partial charge < -0.3 is 14.2 Å². The molecule has 7 heteroatoms. The molecule has 0 saturated carbocycles. The Labute approximate surface area is 119 Å². The lowest BCUT2D eigenvalue weighted by molar-refractivity contribution is 0.111. The number of benzene rings is 1. The van der Waals surface area contributed by atoms with Crippen LogP contribution in [-0.2, 0) is 25.9 Å². The van der Waals surface area contributed by atoms with Crippen molar-refractivity contribution in [3.8, 4) is 5.75 Å². The average Bonchev–Trinajstić information content (AvgIpc) is 2.40. The third kappa shape index (κ3) is 8.11. The van der Waals surface area contributed by atoms with Crippen LogP contribution in [0.5, 0.6) is 5.75 Å². The summed E-state index contributed by atoms with van der Waals surface area (Å²) in [4.78, 5) is 0. The van der Waals surface area contributed by atoms with Gasteiger partial charge in [-0.2, -0.15) is 0 Å². The molecule has 0 aromatic heterocycles. The van der Waals surface area contributed by atoms with E-state index in [4.69, 9.17) is 19.3 Å². The van der Waals surface area contributed by atoms with Crippen molar-refractivity contribution in [3.63, 3.8) is 0 Å². The quantitative estimate of drug-likeness (QED) is 0.638. The zero-order valence-electron chi connectivity index (χ0n) is 11.6. The molecule has 1 aromatic carbocycles. The first-order valence-corrected chi connectivity index (χ1v) is 8.02. The Bertz CT molecular complexity index is 472. The maximum Gasteiger partial charge on any atom is 0.211 e. The van der Waals surface area contributed by atoms with Crippen molar-refractivity contribution in [3.05, 3.63) is 29.8 Å². The minimum Gasteiger partial charge on any atom is -0.491 e. The second kappa shape index (κ2) is 8.91. The minimum atomic E-state index is -3.45. The lowest BCUT2D eigenvalue weighted by Gasteiger charge is -2.07. The molecule has 0 atom stereocenters. The van der Waals surface area contributed by atoms with Crippen LogP contribution in [0.1, 0.15) is 5.56 Å². The van der Waals surface area contributed by atoms with Crippen molar-refractivity contribution in [1.82, 2.24) is 0 Å². The number of ether oxygens (including phenoxy) is 3. The summed E-state index contributed by atoms with van der Waals surface area (Å²) in [6.45, 7) is 1.46. The van der Waals surface area contributed by atoms with E-state index >= 15 is 0 Å². The van der Waals surface area contributed by atoms with E-state index in [1.807, 2.05) is 24.3 Å². The first-order chi connectivity index (χ1) is 9.51. The summed E-state index contributed by atoms with van der Waals surface area (Å²) in [7, 11) is -1.78. The average molecular weight is 303 g/mol. The number of methoxy groups -OCH3 is 1. The van der Waals surface area contributed by atoms with Gasteiger partial charge in [-0.15, -0.1) is 0 Å². The van der Waals surface area contributed by atoms with Crippen molar-refractivity contribution in [1.29, 1.82) is 0 Å². The predicted octanol–water partition coefficient (Wildman–Crippen LogP) is 0.559. The van der Waals surface area contributed by atoms with E-state index < -0.39 is 10.0 Å². The Morgan fingerprint density at radius 3 is 2.35 bits per heavy atom. The van der Waals surface area contributed by atoms with Crippen LogP contribution in [0.4, 0.5) is 0 Å².